The molecule has 0 bridgehead atoms. The van der Waals surface area contributed by atoms with Gasteiger partial charge in [-0.25, -0.2) is 9.48 Å². The number of hydrogen-bond acceptors (Lipinski definition) is 5. The molecule has 6 nitrogen and oxygen atoms in total. The topological polar surface area (TPSA) is 85.0 Å². The standard InChI is InChI=1S/C17H15N3O3/c1-11-8-12(2)20(19-11)16(21)15(10-18)9-13-4-6-14(7-5-13)17(22)23-3/h4-9H,1-3H3/b15-9+. The molecule has 1 heterocycles. The van der Waals surface area contributed by atoms with Gasteiger partial charge in [-0.1, -0.05) is 12.1 Å². The molecular formula is C17H15N3O3. The number of rotatable bonds is 3. The minimum absolute atomic E-state index is 0.0398. The number of hydrogen-bond donors (Lipinski definition) is 0. The summed E-state index contributed by atoms with van der Waals surface area (Å²) >= 11 is 0. The molecule has 0 saturated heterocycles. The van der Waals surface area contributed by atoms with Crippen LogP contribution in [0.3, 0.4) is 0 Å². The highest BCUT2D eigenvalue weighted by Gasteiger charge is 2.15. The van der Waals surface area contributed by atoms with E-state index in [1.165, 1.54) is 17.9 Å². The summed E-state index contributed by atoms with van der Waals surface area (Å²) in [5, 5.41) is 13.3. The number of aryl methyl sites for hydroxylation is 2. The molecule has 0 N–H and O–H groups in total. The van der Waals surface area contributed by atoms with Crippen LogP contribution in [0.4, 0.5) is 0 Å². The van der Waals surface area contributed by atoms with E-state index in [4.69, 9.17) is 0 Å². The van der Waals surface area contributed by atoms with Crippen molar-refractivity contribution in [2.75, 3.05) is 7.11 Å². The van der Waals surface area contributed by atoms with Crippen LogP contribution in [0.25, 0.3) is 6.08 Å². The molecule has 0 aliphatic rings. The van der Waals surface area contributed by atoms with Gasteiger partial charge in [-0.05, 0) is 43.7 Å². The molecule has 0 aliphatic heterocycles. The van der Waals surface area contributed by atoms with Crippen molar-refractivity contribution in [2.45, 2.75) is 13.8 Å². The van der Waals surface area contributed by atoms with E-state index in [0.29, 0.717) is 22.5 Å². The lowest BCUT2D eigenvalue weighted by Crippen LogP contribution is -2.15. The van der Waals surface area contributed by atoms with Crippen LogP contribution in [0.5, 0.6) is 0 Å². The molecule has 0 saturated carbocycles. The summed E-state index contributed by atoms with van der Waals surface area (Å²) < 4.78 is 5.82. The van der Waals surface area contributed by atoms with Gasteiger partial charge in [0.15, 0.2) is 0 Å². The second-order valence-corrected chi connectivity index (χ2v) is 4.93. The van der Waals surface area contributed by atoms with E-state index in [2.05, 4.69) is 9.84 Å². The Balaban J connectivity index is 2.32. The molecule has 0 atom stereocenters. The van der Waals surface area contributed by atoms with Gasteiger partial charge in [0, 0.05) is 5.69 Å². The van der Waals surface area contributed by atoms with Gasteiger partial charge < -0.3 is 4.74 Å². The van der Waals surface area contributed by atoms with Crippen molar-refractivity contribution in [3.05, 3.63) is 58.4 Å². The van der Waals surface area contributed by atoms with Crippen LogP contribution in [-0.2, 0) is 4.74 Å². The van der Waals surface area contributed by atoms with E-state index in [9.17, 15) is 14.9 Å². The third-order valence-corrected chi connectivity index (χ3v) is 3.20. The van der Waals surface area contributed by atoms with Crippen molar-refractivity contribution in [1.29, 1.82) is 5.26 Å². The Morgan fingerprint density at radius 1 is 1.26 bits per heavy atom. The lowest BCUT2D eigenvalue weighted by Gasteiger charge is -2.03. The Bertz CT molecular complexity index is 824. The van der Waals surface area contributed by atoms with E-state index < -0.39 is 11.9 Å². The number of allylic oxidation sites excluding steroid dienone is 1. The van der Waals surface area contributed by atoms with Gasteiger partial charge >= 0.3 is 5.97 Å². The zero-order chi connectivity index (χ0) is 17.0. The summed E-state index contributed by atoms with van der Waals surface area (Å²) in [6.07, 6.45) is 1.46. The van der Waals surface area contributed by atoms with Crippen LogP contribution < -0.4 is 0 Å². The molecule has 0 spiro atoms. The highest BCUT2D eigenvalue weighted by molar-refractivity contribution is 6.03. The van der Waals surface area contributed by atoms with Gasteiger partial charge in [-0.3, -0.25) is 4.79 Å². The number of nitrogens with zero attached hydrogens (tertiary/aromatic N) is 3. The van der Waals surface area contributed by atoms with Crippen LogP contribution >= 0.6 is 0 Å². The SMILES string of the molecule is COC(=O)c1ccc(/C=C(\C#N)C(=O)n2nc(C)cc2C)cc1. The summed E-state index contributed by atoms with van der Waals surface area (Å²) in [7, 11) is 1.30. The first-order valence-corrected chi connectivity index (χ1v) is 6.84. The zero-order valence-corrected chi connectivity index (χ0v) is 13.0. The monoisotopic (exact) mass is 309 g/mol. The van der Waals surface area contributed by atoms with Gasteiger partial charge in [0.1, 0.15) is 11.6 Å². The van der Waals surface area contributed by atoms with Crippen molar-refractivity contribution in [3.63, 3.8) is 0 Å². The minimum Gasteiger partial charge on any atom is -0.465 e. The molecular weight excluding hydrogens is 294 g/mol. The van der Waals surface area contributed by atoms with Crippen LogP contribution in [-0.4, -0.2) is 28.8 Å². The third kappa shape index (κ3) is 3.52. The predicted octanol–water partition coefficient (Wildman–Crippen LogP) is 2.53. The molecule has 1 aromatic heterocycles. The first-order valence-electron chi connectivity index (χ1n) is 6.84. The predicted molar refractivity (Wildman–Crippen MR) is 83.7 cm³/mol. The van der Waals surface area contributed by atoms with Crippen LogP contribution in [0, 0.1) is 25.2 Å². The first-order chi connectivity index (χ1) is 11.0. The van der Waals surface area contributed by atoms with E-state index in [0.717, 1.165) is 0 Å². The lowest BCUT2D eigenvalue weighted by atomic mass is 10.1. The van der Waals surface area contributed by atoms with E-state index in [-0.39, 0.29) is 5.57 Å². The van der Waals surface area contributed by atoms with Crippen molar-refractivity contribution in [1.82, 2.24) is 9.78 Å². The van der Waals surface area contributed by atoms with Gasteiger partial charge in [0.2, 0.25) is 0 Å². The molecule has 0 amide bonds. The summed E-state index contributed by atoms with van der Waals surface area (Å²) in [5.41, 5.74) is 2.35. The second-order valence-electron chi connectivity index (χ2n) is 4.93. The summed E-state index contributed by atoms with van der Waals surface area (Å²) in [4.78, 5) is 23.8. The van der Waals surface area contributed by atoms with Crippen molar-refractivity contribution >= 4 is 18.0 Å². The molecule has 0 radical (unpaired) electrons. The van der Waals surface area contributed by atoms with E-state index in [1.807, 2.05) is 6.07 Å². The average Bonchev–Trinajstić information content (AvgIpc) is 2.90. The molecule has 1 aromatic carbocycles. The number of carbonyl (C=O) groups excluding carboxylic acids is 2. The largest absolute Gasteiger partial charge is 0.465 e. The summed E-state index contributed by atoms with van der Waals surface area (Å²) in [5.74, 6) is -0.935. The number of carbonyl (C=O) groups is 2. The maximum Gasteiger partial charge on any atom is 0.337 e. The average molecular weight is 309 g/mol. The third-order valence-electron chi connectivity index (χ3n) is 3.20. The maximum atomic E-state index is 12.4. The fraction of sp³-hybridized carbons (Fsp3) is 0.176. The van der Waals surface area contributed by atoms with Crippen molar-refractivity contribution < 1.29 is 14.3 Å². The van der Waals surface area contributed by atoms with E-state index >= 15 is 0 Å². The highest BCUT2D eigenvalue weighted by atomic mass is 16.5. The smallest absolute Gasteiger partial charge is 0.337 e. The number of nitriles is 1. The van der Waals surface area contributed by atoms with Gasteiger partial charge in [-0.15, -0.1) is 0 Å². The van der Waals surface area contributed by atoms with Gasteiger partial charge in [0.25, 0.3) is 5.91 Å². The van der Waals surface area contributed by atoms with E-state index in [1.54, 1.807) is 44.2 Å². The van der Waals surface area contributed by atoms with Crippen molar-refractivity contribution in [2.24, 2.45) is 0 Å². The molecule has 2 rings (SSSR count). The Labute approximate surface area is 133 Å². The second kappa shape index (κ2) is 6.71. The normalized spacial score (nSPS) is 11.0. The van der Waals surface area contributed by atoms with Crippen molar-refractivity contribution in [3.8, 4) is 6.07 Å². The van der Waals surface area contributed by atoms with Gasteiger partial charge in [-0.2, -0.15) is 10.4 Å². The molecule has 2 aromatic rings. The summed E-state index contributed by atoms with van der Waals surface area (Å²) in [6.45, 7) is 3.52. The molecule has 0 aliphatic carbocycles. The van der Waals surface area contributed by atoms with Gasteiger partial charge in [0.05, 0.1) is 18.4 Å². The van der Waals surface area contributed by atoms with Crippen LogP contribution in [0.15, 0.2) is 35.9 Å². The van der Waals surface area contributed by atoms with Crippen LogP contribution in [0.2, 0.25) is 0 Å². The highest BCUT2D eigenvalue weighted by Crippen LogP contribution is 2.12. The minimum atomic E-state index is -0.491. The lowest BCUT2D eigenvalue weighted by molar-refractivity contribution is 0.0600. The number of methoxy groups -OCH3 is 1. The fourth-order valence-electron chi connectivity index (χ4n) is 2.09. The fourth-order valence-corrected chi connectivity index (χ4v) is 2.09. The number of esters is 1. The number of aromatic nitrogens is 2. The Hall–Kier alpha value is -3.20. The number of benzene rings is 1. The molecule has 6 heteroatoms. The Morgan fingerprint density at radius 3 is 2.39 bits per heavy atom. The first kappa shape index (κ1) is 16.2. The maximum absolute atomic E-state index is 12.4. The zero-order valence-electron chi connectivity index (χ0n) is 13.0. The van der Waals surface area contributed by atoms with Crippen LogP contribution in [0.1, 0.15) is 32.1 Å². The quantitative estimate of drug-likeness (QED) is 0.494. The molecule has 0 fully saturated rings. The summed E-state index contributed by atoms with van der Waals surface area (Å²) in [6, 6.07) is 10.1. The number of ether oxygens (including phenoxy) is 1. The Kier molecular flexibility index (Phi) is 4.72. The molecule has 116 valence electrons. The molecule has 0 unspecified atom stereocenters. The Morgan fingerprint density at radius 2 is 1.91 bits per heavy atom. The molecule has 23 heavy (non-hydrogen) atoms.